The molecule has 1 N–H and O–H groups in total. The molecule has 0 saturated carbocycles. The number of ketones is 1. The van der Waals surface area contributed by atoms with Gasteiger partial charge in [-0.3, -0.25) is 9.59 Å². The first-order valence-corrected chi connectivity index (χ1v) is 11.5. The highest BCUT2D eigenvalue weighted by Crippen LogP contribution is 2.46. The second-order valence-electron chi connectivity index (χ2n) is 8.91. The summed E-state index contributed by atoms with van der Waals surface area (Å²) in [6.45, 7) is 3.92. The minimum atomic E-state index is -0.352. The highest BCUT2D eigenvalue weighted by atomic mass is 16.5. The standard InChI is InChI=1S/C27H31NO6/c1-15(2)34-23-9-6-16(12-25(23)33-5)17-10-21-27(22(29)11-17)20(14-26(30)28-21)19-8-7-18(31-3)13-24(19)32-4/h6-9,12-13,15,17,20H,10-11,14H2,1-5H3,(H,28,30). The number of Topliss-reactive ketones (excluding diaryl/α,β-unsaturated/α-hetero) is 1. The number of ether oxygens (including phenoxy) is 4. The fraction of sp³-hybridized carbons (Fsp3) is 0.407. The number of allylic oxidation sites excluding steroid dienone is 2. The number of hydrogen-bond donors (Lipinski definition) is 1. The van der Waals surface area contributed by atoms with Crippen LogP contribution in [0.4, 0.5) is 0 Å². The Hall–Kier alpha value is -3.48. The van der Waals surface area contributed by atoms with E-state index < -0.39 is 0 Å². The number of carbonyl (C=O) groups is 2. The van der Waals surface area contributed by atoms with Crippen LogP contribution < -0.4 is 24.3 Å². The molecule has 1 heterocycles. The zero-order valence-electron chi connectivity index (χ0n) is 20.3. The first kappa shape index (κ1) is 23.7. The van der Waals surface area contributed by atoms with Crippen LogP contribution >= 0.6 is 0 Å². The van der Waals surface area contributed by atoms with Crippen molar-refractivity contribution in [3.8, 4) is 23.0 Å². The molecule has 4 rings (SSSR count). The van der Waals surface area contributed by atoms with E-state index >= 15 is 0 Å². The molecule has 0 fully saturated rings. The van der Waals surface area contributed by atoms with Gasteiger partial charge < -0.3 is 24.3 Å². The second-order valence-corrected chi connectivity index (χ2v) is 8.91. The molecule has 2 aromatic carbocycles. The highest BCUT2D eigenvalue weighted by Gasteiger charge is 2.39. The lowest BCUT2D eigenvalue weighted by molar-refractivity contribution is -0.122. The molecule has 2 aromatic rings. The van der Waals surface area contributed by atoms with Gasteiger partial charge in [0.25, 0.3) is 0 Å². The van der Waals surface area contributed by atoms with Gasteiger partial charge in [0, 0.05) is 41.7 Å². The summed E-state index contributed by atoms with van der Waals surface area (Å²) in [6, 6.07) is 11.3. The Balaban J connectivity index is 1.68. The maximum atomic E-state index is 13.5. The quantitative estimate of drug-likeness (QED) is 0.648. The fourth-order valence-electron chi connectivity index (χ4n) is 4.86. The number of carbonyl (C=O) groups excluding carboxylic acids is 2. The molecule has 7 nitrogen and oxygen atoms in total. The molecule has 0 aromatic heterocycles. The van der Waals surface area contributed by atoms with E-state index in [-0.39, 0.29) is 36.1 Å². The van der Waals surface area contributed by atoms with Gasteiger partial charge in [0.15, 0.2) is 17.3 Å². The van der Waals surface area contributed by atoms with Gasteiger partial charge in [-0.05, 0) is 49.9 Å². The lowest BCUT2D eigenvalue weighted by Crippen LogP contribution is -2.38. The molecule has 1 amide bonds. The summed E-state index contributed by atoms with van der Waals surface area (Å²) in [7, 11) is 4.77. The molecular formula is C27H31NO6. The van der Waals surface area contributed by atoms with Gasteiger partial charge in [-0.2, -0.15) is 0 Å². The minimum Gasteiger partial charge on any atom is -0.497 e. The van der Waals surface area contributed by atoms with Crippen molar-refractivity contribution in [1.29, 1.82) is 0 Å². The van der Waals surface area contributed by atoms with Crippen LogP contribution in [0.3, 0.4) is 0 Å². The molecule has 0 saturated heterocycles. The first-order valence-electron chi connectivity index (χ1n) is 11.5. The van der Waals surface area contributed by atoms with Gasteiger partial charge in [0.1, 0.15) is 11.5 Å². The first-order chi connectivity index (χ1) is 16.3. The van der Waals surface area contributed by atoms with Crippen molar-refractivity contribution in [2.45, 2.75) is 51.0 Å². The number of hydrogen-bond acceptors (Lipinski definition) is 6. The average molecular weight is 466 g/mol. The molecule has 7 heteroatoms. The number of amides is 1. The molecule has 2 atom stereocenters. The van der Waals surface area contributed by atoms with Crippen LogP contribution in [0.25, 0.3) is 0 Å². The van der Waals surface area contributed by atoms with Gasteiger partial charge in [-0.25, -0.2) is 0 Å². The highest BCUT2D eigenvalue weighted by molar-refractivity contribution is 6.02. The Kier molecular flexibility index (Phi) is 6.82. The van der Waals surface area contributed by atoms with Crippen LogP contribution in [0.1, 0.15) is 56.1 Å². The zero-order valence-corrected chi connectivity index (χ0v) is 20.3. The van der Waals surface area contributed by atoms with Crippen molar-refractivity contribution >= 4 is 11.7 Å². The summed E-state index contributed by atoms with van der Waals surface area (Å²) in [5.74, 6) is 2.08. The van der Waals surface area contributed by atoms with Crippen molar-refractivity contribution in [3.05, 3.63) is 58.8 Å². The third-order valence-corrected chi connectivity index (χ3v) is 6.37. The lowest BCUT2D eigenvalue weighted by atomic mass is 9.73. The summed E-state index contributed by atoms with van der Waals surface area (Å²) in [4.78, 5) is 26.1. The topological polar surface area (TPSA) is 83.1 Å². The Morgan fingerprint density at radius 2 is 1.62 bits per heavy atom. The molecule has 0 spiro atoms. The van der Waals surface area contributed by atoms with E-state index in [0.29, 0.717) is 47.1 Å². The summed E-state index contributed by atoms with van der Waals surface area (Å²) >= 11 is 0. The molecule has 2 unspecified atom stereocenters. The molecule has 1 aliphatic heterocycles. The van der Waals surface area contributed by atoms with Crippen LogP contribution in [-0.4, -0.2) is 39.1 Å². The Bertz CT molecular complexity index is 1140. The summed E-state index contributed by atoms with van der Waals surface area (Å²) in [5, 5.41) is 2.97. The van der Waals surface area contributed by atoms with Crippen molar-refractivity contribution in [2.75, 3.05) is 21.3 Å². The van der Waals surface area contributed by atoms with Crippen molar-refractivity contribution in [1.82, 2.24) is 5.32 Å². The molecule has 180 valence electrons. The van der Waals surface area contributed by atoms with Gasteiger partial charge in [-0.15, -0.1) is 0 Å². The molecule has 2 aliphatic rings. The third kappa shape index (κ3) is 4.60. The number of methoxy groups -OCH3 is 3. The molecular weight excluding hydrogens is 434 g/mol. The maximum absolute atomic E-state index is 13.5. The van der Waals surface area contributed by atoms with E-state index in [9.17, 15) is 9.59 Å². The minimum absolute atomic E-state index is 0.0213. The van der Waals surface area contributed by atoms with Crippen LogP contribution in [0.5, 0.6) is 23.0 Å². The van der Waals surface area contributed by atoms with Crippen molar-refractivity contribution < 1.29 is 28.5 Å². The van der Waals surface area contributed by atoms with Crippen molar-refractivity contribution in [3.63, 3.8) is 0 Å². The average Bonchev–Trinajstić information content (AvgIpc) is 2.82. The van der Waals surface area contributed by atoms with E-state index in [2.05, 4.69) is 5.32 Å². The lowest BCUT2D eigenvalue weighted by Gasteiger charge is -2.35. The van der Waals surface area contributed by atoms with E-state index in [4.69, 9.17) is 18.9 Å². The Morgan fingerprint density at radius 1 is 0.853 bits per heavy atom. The maximum Gasteiger partial charge on any atom is 0.225 e. The molecule has 0 radical (unpaired) electrons. The Labute approximate surface area is 200 Å². The van der Waals surface area contributed by atoms with Gasteiger partial charge in [-0.1, -0.05) is 12.1 Å². The summed E-state index contributed by atoms with van der Waals surface area (Å²) in [5.41, 5.74) is 3.16. The summed E-state index contributed by atoms with van der Waals surface area (Å²) in [6.07, 6.45) is 1.15. The molecule has 34 heavy (non-hydrogen) atoms. The molecule has 0 bridgehead atoms. The number of nitrogens with one attached hydrogen (secondary N) is 1. The number of rotatable bonds is 7. The largest absolute Gasteiger partial charge is 0.497 e. The number of benzene rings is 2. The van der Waals surface area contributed by atoms with Crippen LogP contribution in [0.15, 0.2) is 47.7 Å². The normalized spacial score (nSPS) is 20.1. The van der Waals surface area contributed by atoms with Gasteiger partial charge in [0.05, 0.1) is 27.4 Å². The van der Waals surface area contributed by atoms with Gasteiger partial charge >= 0.3 is 0 Å². The fourth-order valence-corrected chi connectivity index (χ4v) is 4.86. The Morgan fingerprint density at radius 3 is 2.29 bits per heavy atom. The van der Waals surface area contributed by atoms with Gasteiger partial charge in [0.2, 0.25) is 5.91 Å². The van der Waals surface area contributed by atoms with E-state index in [0.717, 1.165) is 11.1 Å². The predicted octanol–water partition coefficient (Wildman–Crippen LogP) is 4.50. The SMILES string of the molecule is COc1ccc(C2CC(=O)NC3=C2C(=O)CC(c2ccc(OC(C)C)c(OC)c2)C3)c(OC)c1. The second kappa shape index (κ2) is 9.79. The molecule has 1 aliphatic carbocycles. The van der Waals surface area contributed by atoms with Crippen LogP contribution in [0, 0.1) is 0 Å². The summed E-state index contributed by atoms with van der Waals surface area (Å²) < 4.78 is 22.2. The van der Waals surface area contributed by atoms with Crippen molar-refractivity contribution in [2.24, 2.45) is 0 Å². The monoisotopic (exact) mass is 465 g/mol. The smallest absolute Gasteiger partial charge is 0.225 e. The zero-order chi connectivity index (χ0) is 24.4. The van der Waals surface area contributed by atoms with Crippen LogP contribution in [0.2, 0.25) is 0 Å². The van der Waals surface area contributed by atoms with Crippen LogP contribution in [-0.2, 0) is 9.59 Å². The predicted molar refractivity (Wildman–Crippen MR) is 128 cm³/mol. The van der Waals surface area contributed by atoms with E-state index in [1.54, 1.807) is 27.4 Å². The third-order valence-electron chi connectivity index (χ3n) is 6.37. The van der Waals surface area contributed by atoms with E-state index in [1.807, 2.05) is 44.2 Å². The van der Waals surface area contributed by atoms with E-state index in [1.165, 1.54) is 0 Å².